The number of alkyl halides is 3. The number of halogens is 4. The van der Waals surface area contributed by atoms with E-state index < -0.39 is 12.6 Å². The summed E-state index contributed by atoms with van der Waals surface area (Å²) in [4.78, 5) is 1.52. The summed E-state index contributed by atoms with van der Waals surface area (Å²) in [5.41, 5.74) is 0.671. The zero-order valence-electron chi connectivity index (χ0n) is 10.6. The van der Waals surface area contributed by atoms with Crippen molar-refractivity contribution in [1.82, 2.24) is 4.90 Å². The molecule has 3 nitrogen and oxygen atoms in total. The summed E-state index contributed by atoms with van der Waals surface area (Å²) in [7, 11) is 2.96. The maximum Gasteiger partial charge on any atom is 0.390 e. The molecule has 0 radical (unpaired) electrons. The van der Waals surface area contributed by atoms with Gasteiger partial charge < -0.3 is 14.7 Å². The highest BCUT2D eigenvalue weighted by molar-refractivity contribution is 6.32. The number of ether oxygens (including phenoxy) is 1. The van der Waals surface area contributed by atoms with Gasteiger partial charge in [0.05, 0.1) is 18.6 Å². The molecule has 0 saturated carbocycles. The first-order valence-corrected chi connectivity index (χ1v) is 5.91. The van der Waals surface area contributed by atoms with Crippen LogP contribution in [0.1, 0.15) is 12.0 Å². The van der Waals surface area contributed by atoms with E-state index in [2.05, 4.69) is 0 Å². The van der Waals surface area contributed by atoms with Gasteiger partial charge in [-0.05, 0) is 24.7 Å². The number of hydrogen-bond acceptors (Lipinski definition) is 3. The Morgan fingerprint density at radius 2 is 2.00 bits per heavy atom. The van der Waals surface area contributed by atoms with Crippen LogP contribution in [0, 0.1) is 0 Å². The molecule has 0 aliphatic heterocycles. The number of nitrogens with zero attached hydrogens (tertiary/aromatic N) is 1. The number of phenols is 1. The molecular weight excluding hydrogens is 283 g/mol. The molecule has 0 unspecified atom stereocenters. The van der Waals surface area contributed by atoms with Crippen LogP contribution in [0.25, 0.3) is 0 Å². The lowest BCUT2D eigenvalue weighted by Gasteiger charge is -2.18. The van der Waals surface area contributed by atoms with Crippen molar-refractivity contribution in [3.8, 4) is 11.5 Å². The molecule has 19 heavy (non-hydrogen) atoms. The van der Waals surface area contributed by atoms with Crippen LogP contribution in [-0.2, 0) is 6.54 Å². The quantitative estimate of drug-likeness (QED) is 0.903. The van der Waals surface area contributed by atoms with E-state index in [1.54, 1.807) is 13.1 Å². The van der Waals surface area contributed by atoms with Crippen LogP contribution >= 0.6 is 11.6 Å². The average Bonchev–Trinajstić information content (AvgIpc) is 2.30. The third-order valence-electron chi connectivity index (χ3n) is 2.54. The van der Waals surface area contributed by atoms with Crippen LogP contribution in [0.15, 0.2) is 12.1 Å². The highest BCUT2D eigenvalue weighted by Gasteiger charge is 2.27. The Labute approximate surface area is 114 Å². The van der Waals surface area contributed by atoms with Gasteiger partial charge >= 0.3 is 6.18 Å². The van der Waals surface area contributed by atoms with Gasteiger partial charge in [-0.1, -0.05) is 11.6 Å². The van der Waals surface area contributed by atoms with Crippen LogP contribution < -0.4 is 4.74 Å². The first-order valence-electron chi connectivity index (χ1n) is 5.53. The van der Waals surface area contributed by atoms with Gasteiger partial charge in [0.25, 0.3) is 0 Å². The van der Waals surface area contributed by atoms with E-state index in [0.717, 1.165) is 0 Å². The smallest absolute Gasteiger partial charge is 0.390 e. The van der Waals surface area contributed by atoms with E-state index in [9.17, 15) is 18.3 Å². The summed E-state index contributed by atoms with van der Waals surface area (Å²) in [6.45, 7) is 0.177. The number of hydrogen-bond donors (Lipinski definition) is 1. The van der Waals surface area contributed by atoms with Gasteiger partial charge in [0, 0.05) is 13.1 Å². The molecule has 0 aliphatic carbocycles. The fraction of sp³-hybridized carbons (Fsp3) is 0.500. The Morgan fingerprint density at radius 3 is 2.53 bits per heavy atom. The molecule has 0 fully saturated rings. The van der Waals surface area contributed by atoms with Gasteiger partial charge in [0.2, 0.25) is 0 Å². The first kappa shape index (κ1) is 15.9. The number of phenolic OH excluding ortho intramolecular Hbond substituents is 1. The van der Waals surface area contributed by atoms with Crippen LogP contribution in [0.3, 0.4) is 0 Å². The predicted molar refractivity (Wildman–Crippen MR) is 66.7 cm³/mol. The van der Waals surface area contributed by atoms with Crippen molar-refractivity contribution in [1.29, 1.82) is 0 Å². The minimum absolute atomic E-state index is 0.107. The minimum atomic E-state index is -4.17. The van der Waals surface area contributed by atoms with Crippen molar-refractivity contribution < 1.29 is 23.0 Å². The van der Waals surface area contributed by atoms with Gasteiger partial charge in [0.1, 0.15) is 0 Å². The summed E-state index contributed by atoms with van der Waals surface area (Å²) < 4.78 is 41.2. The van der Waals surface area contributed by atoms with Gasteiger partial charge in [-0.25, -0.2) is 0 Å². The van der Waals surface area contributed by atoms with E-state index in [1.165, 1.54) is 18.1 Å². The summed E-state index contributed by atoms with van der Waals surface area (Å²) in [6, 6.07) is 3.05. The summed E-state index contributed by atoms with van der Waals surface area (Å²) in [5.74, 6) is 0.0255. The molecule has 1 aromatic carbocycles. The monoisotopic (exact) mass is 297 g/mol. The highest BCUT2D eigenvalue weighted by atomic mass is 35.5. The molecule has 0 saturated heterocycles. The number of aromatic hydroxyl groups is 1. The molecule has 0 spiro atoms. The van der Waals surface area contributed by atoms with Crippen LogP contribution in [0.5, 0.6) is 11.5 Å². The van der Waals surface area contributed by atoms with Gasteiger partial charge in [-0.3, -0.25) is 0 Å². The van der Waals surface area contributed by atoms with Crippen molar-refractivity contribution in [3.05, 3.63) is 22.7 Å². The Hall–Kier alpha value is -1.14. The molecule has 108 valence electrons. The second-order valence-corrected chi connectivity index (χ2v) is 4.64. The molecule has 0 bridgehead atoms. The van der Waals surface area contributed by atoms with Crippen LogP contribution in [0.2, 0.25) is 5.02 Å². The fourth-order valence-corrected chi connectivity index (χ4v) is 1.82. The molecule has 1 aromatic rings. The molecule has 0 amide bonds. The Kier molecular flexibility index (Phi) is 5.31. The maximum atomic E-state index is 12.1. The standard InChI is InChI=1S/C12H15ClF3NO2/c1-17(4-3-12(14,15)16)7-8-5-9(13)11(18)10(6-8)19-2/h5-6,18H,3-4,7H2,1-2H3. The van der Waals surface area contributed by atoms with Crippen molar-refractivity contribution >= 4 is 11.6 Å². The predicted octanol–water partition coefficient (Wildman–Crippen LogP) is 3.44. The zero-order valence-corrected chi connectivity index (χ0v) is 11.3. The number of methoxy groups -OCH3 is 1. The first-order chi connectivity index (χ1) is 8.73. The molecular formula is C12H15ClF3NO2. The molecule has 1 rings (SSSR count). The molecule has 0 atom stereocenters. The van der Waals surface area contributed by atoms with Crippen molar-refractivity contribution in [2.45, 2.75) is 19.1 Å². The average molecular weight is 298 g/mol. The lowest BCUT2D eigenvalue weighted by Crippen LogP contribution is -2.24. The normalized spacial score (nSPS) is 11.9. The minimum Gasteiger partial charge on any atom is -0.503 e. The molecule has 0 heterocycles. The van der Waals surface area contributed by atoms with Crippen molar-refractivity contribution in [3.63, 3.8) is 0 Å². The molecule has 0 aromatic heterocycles. The van der Waals surface area contributed by atoms with E-state index in [1.807, 2.05) is 0 Å². The highest BCUT2D eigenvalue weighted by Crippen LogP contribution is 2.35. The Balaban J connectivity index is 2.69. The third-order valence-corrected chi connectivity index (χ3v) is 2.83. The topological polar surface area (TPSA) is 32.7 Å². The zero-order chi connectivity index (χ0) is 14.6. The van der Waals surface area contributed by atoms with Gasteiger partial charge in [-0.15, -0.1) is 0 Å². The summed E-state index contributed by atoms with van der Waals surface area (Å²) in [5, 5.41) is 9.66. The largest absolute Gasteiger partial charge is 0.503 e. The fourth-order valence-electron chi connectivity index (χ4n) is 1.58. The molecule has 1 N–H and O–H groups in total. The van der Waals surface area contributed by atoms with E-state index in [0.29, 0.717) is 5.56 Å². The van der Waals surface area contributed by atoms with E-state index >= 15 is 0 Å². The lowest BCUT2D eigenvalue weighted by atomic mass is 10.2. The van der Waals surface area contributed by atoms with Crippen molar-refractivity contribution in [2.75, 3.05) is 20.7 Å². The lowest BCUT2D eigenvalue weighted by molar-refractivity contribution is -0.137. The second kappa shape index (κ2) is 6.34. The van der Waals surface area contributed by atoms with Gasteiger partial charge in [0.15, 0.2) is 11.5 Å². The van der Waals surface area contributed by atoms with E-state index in [4.69, 9.17) is 16.3 Å². The molecule has 7 heteroatoms. The Bertz CT molecular complexity index is 438. The van der Waals surface area contributed by atoms with Crippen LogP contribution in [0.4, 0.5) is 13.2 Å². The summed E-state index contributed by atoms with van der Waals surface area (Å²) >= 11 is 5.80. The van der Waals surface area contributed by atoms with Crippen molar-refractivity contribution in [2.24, 2.45) is 0 Å². The van der Waals surface area contributed by atoms with Gasteiger partial charge in [-0.2, -0.15) is 13.2 Å². The SMILES string of the molecule is COc1cc(CN(C)CCC(F)(F)F)cc(Cl)c1O. The third kappa shape index (κ3) is 5.16. The van der Waals surface area contributed by atoms with E-state index in [-0.39, 0.29) is 29.6 Å². The second-order valence-electron chi connectivity index (χ2n) is 4.23. The van der Waals surface area contributed by atoms with Crippen LogP contribution in [-0.4, -0.2) is 36.9 Å². The summed E-state index contributed by atoms with van der Waals surface area (Å²) in [6.07, 6.45) is -5.04. The maximum absolute atomic E-state index is 12.1. The Morgan fingerprint density at radius 1 is 1.37 bits per heavy atom. The number of rotatable bonds is 5. The number of benzene rings is 1. The molecule has 0 aliphatic rings.